The van der Waals surface area contributed by atoms with Crippen molar-refractivity contribution in [1.82, 2.24) is 10.2 Å². The van der Waals surface area contributed by atoms with E-state index in [0.29, 0.717) is 42.4 Å². The minimum Gasteiger partial charge on any atom is -0.481 e. The number of ether oxygens (including phenoxy) is 1. The van der Waals surface area contributed by atoms with Crippen LogP contribution in [0.4, 0.5) is 5.69 Å². The monoisotopic (exact) mass is 455 g/mol. The SMILES string of the molecule is CCCC[C@](CC)(C(=O)O)C1CN(C2=Nc3cc(Cl)ccc3Oc3ccccc32)CCN1. The lowest BCUT2D eigenvalue weighted by Gasteiger charge is -2.44. The van der Waals surface area contributed by atoms with Gasteiger partial charge in [-0.25, -0.2) is 4.99 Å². The van der Waals surface area contributed by atoms with Crippen LogP contribution in [0.1, 0.15) is 45.1 Å². The summed E-state index contributed by atoms with van der Waals surface area (Å²) in [5.74, 6) is 1.45. The summed E-state index contributed by atoms with van der Waals surface area (Å²) >= 11 is 6.25. The Kier molecular flexibility index (Phi) is 6.72. The third-order valence-electron chi connectivity index (χ3n) is 6.67. The average Bonchev–Trinajstić information content (AvgIpc) is 2.96. The van der Waals surface area contributed by atoms with Crippen LogP contribution in [-0.4, -0.2) is 47.5 Å². The Labute approximate surface area is 194 Å². The molecule has 1 fully saturated rings. The van der Waals surface area contributed by atoms with Gasteiger partial charge in [-0.05, 0) is 43.2 Å². The maximum atomic E-state index is 12.5. The molecular formula is C25H30ClN3O3. The number of halogens is 1. The van der Waals surface area contributed by atoms with Gasteiger partial charge < -0.3 is 20.1 Å². The van der Waals surface area contributed by atoms with Crippen LogP contribution in [0.2, 0.25) is 5.02 Å². The maximum absolute atomic E-state index is 12.5. The van der Waals surface area contributed by atoms with E-state index in [2.05, 4.69) is 17.1 Å². The van der Waals surface area contributed by atoms with Crippen molar-refractivity contribution in [1.29, 1.82) is 0 Å². The van der Waals surface area contributed by atoms with Crippen molar-refractivity contribution in [3.8, 4) is 11.5 Å². The van der Waals surface area contributed by atoms with E-state index in [9.17, 15) is 9.90 Å². The van der Waals surface area contributed by atoms with Crippen LogP contribution in [0.15, 0.2) is 47.5 Å². The number of piperazine rings is 1. The number of amidine groups is 1. The zero-order valence-electron chi connectivity index (χ0n) is 18.6. The van der Waals surface area contributed by atoms with Crippen molar-refractivity contribution in [2.75, 3.05) is 19.6 Å². The van der Waals surface area contributed by atoms with Crippen molar-refractivity contribution in [3.63, 3.8) is 0 Å². The molecule has 0 aromatic heterocycles. The molecule has 1 unspecified atom stereocenters. The quantitative estimate of drug-likeness (QED) is 0.604. The number of nitrogens with zero attached hydrogens (tertiary/aromatic N) is 2. The van der Waals surface area contributed by atoms with Crippen molar-refractivity contribution in [3.05, 3.63) is 53.1 Å². The lowest BCUT2D eigenvalue weighted by atomic mass is 9.73. The van der Waals surface area contributed by atoms with Crippen molar-refractivity contribution in [2.24, 2.45) is 10.4 Å². The molecule has 0 bridgehead atoms. The number of nitrogens with one attached hydrogen (secondary N) is 1. The molecule has 32 heavy (non-hydrogen) atoms. The van der Waals surface area contributed by atoms with Crippen molar-refractivity contribution >= 4 is 29.1 Å². The van der Waals surface area contributed by atoms with Gasteiger partial charge in [0.2, 0.25) is 0 Å². The average molecular weight is 456 g/mol. The molecule has 0 aliphatic carbocycles. The van der Waals surface area contributed by atoms with E-state index in [1.165, 1.54) is 0 Å². The summed E-state index contributed by atoms with van der Waals surface area (Å²) in [4.78, 5) is 19.6. The number of para-hydroxylation sites is 1. The first-order chi connectivity index (χ1) is 15.5. The molecule has 2 atom stereocenters. The van der Waals surface area contributed by atoms with E-state index in [1.807, 2.05) is 37.3 Å². The first kappa shape index (κ1) is 22.6. The molecule has 2 N–H and O–H groups in total. The Morgan fingerprint density at radius 1 is 1.28 bits per heavy atom. The van der Waals surface area contributed by atoms with Crippen LogP contribution in [0.3, 0.4) is 0 Å². The fourth-order valence-corrected chi connectivity index (χ4v) is 4.91. The number of carboxylic acid groups (broad SMARTS) is 1. The van der Waals surface area contributed by atoms with E-state index in [-0.39, 0.29) is 6.04 Å². The Balaban J connectivity index is 1.74. The molecule has 170 valence electrons. The highest BCUT2D eigenvalue weighted by molar-refractivity contribution is 6.31. The third-order valence-corrected chi connectivity index (χ3v) is 6.91. The molecular weight excluding hydrogens is 426 g/mol. The van der Waals surface area contributed by atoms with Gasteiger partial charge in [-0.1, -0.05) is 50.4 Å². The largest absolute Gasteiger partial charge is 0.481 e. The van der Waals surface area contributed by atoms with Gasteiger partial charge in [-0.3, -0.25) is 4.79 Å². The van der Waals surface area contributed by atoms with Crippen molar-refractivity contribution in [2.45, 2.75) is 45.6 Å². The highest BCUT2D eigenvalue weighted by Crippen LogP contribution is 2.40. The standard InChI is InChI=1S/C25H30ClN3O3/c1-3-5-12-25(4-2,24(30)31)22-16-29(14-13-27-22)23-18-8-6-7-9-20(18)32-21-11-10-17(26)15-19(21)28-23/h6-11,15,22,27H,3-5,12-14,16H2,1-2H3,(H,30,31)/t22?,25-/m0/s1. The van der Waals surface area contributed by atoms with Gasteiger partial charge in [0.05, 0.1) is 11.0 Å². The van der Waals surface area contributed by atoms with E-state index in [0.717, 1.165) is 36.5 Å². The van der Waals surface area contributed by atoms with Crippen LogP contribution in [-0.2, 0) is 4.79 Å². The third kappa shape index (κ3) is 4.21. The predicted molar refractivity (Wildman–Crippen MR) is 127 cm³/mol. The summed E-state index contributed by atoms with van der Waals surface area (Å²) in [7, 11) is 0. The van der Waals surface area contributed by atoms with Crippen molar-refractivity contribution < 1.29 is 14.6 Å². The smallest absolute Gasteiger partial charge is 0.311 e. The Morgan fingerprint density at radius 2 is 2.09 bits per heavy atom. The number of hydrogen-bond donors (Lipinski definition) is 2. The van der Waals surface area contributed by atoms with Crippen LogP contribution >= 0.6 is 11.6 Å². The number of benzene rings is 2. The fraction of sp³-hybridized carbons (Fsp3) is 0.440. The number of rotatable bonds is 6. The van der Waals surface area contributed by atoms with Gasteiger partial charge in [-0.15, -0.1) is 0 Å². The molecule has 0 saturated carbocycles. The molecule has 6 nitrogen and oxygen atoms in total. The maximum Gasteiger partial charge on any atom is 0.311 e. The van der Waals surface area contributed by atoms with E-state index in [4.69, 9.17) is 21.3 Å². The summed E-state index contributed by atoms with van der Waals surface area (Å²) in [6, 6.07) is 13.1. The lowest BCUT2D eigenvalue weighted by molar-refractivity contribution is -0.152. The van der Waals surface area contributed by atoms with E-state index >= 15 is 0 Å². The van der Waals surface area contributed by atoms with E-state index < -0.39 is 11.4 Å². The first-order valence-electron chi connectivity index (χ1n) is 11.4. The Hall–Kier alpha value is -2.57. The van der Waals surface area contributed by atoms with Gasteiger partial charge in [0, 0.05) is 30.7 Å². The van der Waals surface area contributed by atoms with E-state index in [1.54, 1.807) is 12.1 Å². The molecule has 4 rings (SSSR count). The second-order valence-corrected chi connectivity index (χ2v) is 8.95. The number of aliphatic carboxylic acids is 1. The number of fused-ring (bicyclic) bond motifs is 2. The molecule has 2 aromatic rings. The summed E-state index contributed by atoms with van der Waals surface area (Å²) in [5.41, 5.74) is 0.758. The number of aliphatic imine (C=N–C) groups is 1. The number of carbonyl (C=O) groups is 1. The molecule has 2 aliphatic rings. The zero-order chi connectivity index (χ0) is 22.7. The van der Waals surface area contributed by atoms with Gasteiger partial charge in [-0.2, -0.15) is 0 Å². The molecule has 2 aromatic carbocycles. The highest BCUT2D eigenvalue weighted by atomic mass is 35.5. The molecule has 1 saturated heterocycles. The summed E-state index contributed by atoms with van der Waals surface area (Å²) < 4.78 is 6.18. The van der Waals surface area contributed by atoms with Crippen LogP contribution < -0.4 is 10.1 Å². The van der Waals surface area contributed by atoms with Gasteiger partial charge in [0.15, 0.2) is 5.75 Å². The number of hydrogen-bond acceptors (Lipinski definition) is 5. The van der Waals surface area contributed by atoms with Gasteiger partial charge in [0.1, 0.15) is 17.3 Å². The van der Waals surface area contributed by atoms with Gasteiger partial charge in [0.25, 0.3) is 0 Å². The molecule has 2 heterocycles. The minimum absolute atomic E-state index is 0.178. The molecule has 0 spiro atoms. The molecule has 0 radical (unpaired) electrons. The summed E-state index contributed by atoms with van der Waals surface area (Å²) in [6.07, 6.45) is 3.10. The van der Waals surface area contributed by atoms with Crippen LogP contribution in [0.5, 0.6) is 11.5 Å². The Bertz CT molecular complexity index is 1030. The Morgan fingerprint density at radius 3 is 2.84 bits per heavy atom. The predicted octanol–water partition coefficient (Wildman–Crippen LogP) is 5.47. The van der Waals surface area contributed by atoms with Gasteiger partial charge >= 0.3 is 5.97 Å². The lowest BCUT2D eigenvalue weighted by Crippen LogP contribution is -2.61. The fourth-order valence-electron chi connectivity index (χ4n) is 4.75. The highest BCUT2D eigenvalue weighted by Gasteiger charge is 2.46. The normalized spacial score (nSPS) is 19.7. The number of unbranched alkanes of at least 4 members (excludes halogenated alkanes) is 1. The van der Waals surface area contributed by atoms with Crippen LogP contribution in [0.25, 0.3) is 0 Å². The molecule has 0 amide bonds. The minimum atomic E-state index is -0.808. The summed E-state index contributed by atoms with van der Waals surface area (Å²) in [6.45, 7) is 6.06. The first-order valence-corrected chi connectivity index (χ1v) is 11.7. The second kappa shape index (κ2) is 9.51. The second-order valence-electron chi connectivity index (χ2n) is 8.52. The molecule has 2 aliphatic heterocycles. The number of carboxylic acids is 1. The molecule has 7 heteroatoms. The summed E-state index contributed by atoms with van der Waals surface area (Å²) in [5, 5.41) is 14.3. The topological polar surface area (TPSA) is 74.2 Å². The van der Waals surface area contributed by atoms with Crippen LogP contribution in [0, 0.1) is 5.41 Å². The zero-order valence-corrected chi connectivity index (χ0v) is 19.4.